The van der Waals surface area contributed by atoms with Gasteiger partial charge in [-0.05, 0) is 30.7 Å². The Kier molecular flexibility index (Phi) is 5.59. The number of aromatic nitrogens is 3. The van der Waals surface area contributed by atoms with Gasteiger partial charge in [-0.3, -0.25) is 9.69 Å². The molecule has 0 saturated carbocycles. The van der Waals surface area contributed by atoms with E-state index in [-0.39, 0.29) is 11.7 Å². The van der Waals surface area contributed by atoms with Crippen LogP contribution in [0.5, 0.6) is 0 Å². The molecule has 2 N–H and O–H groups in total. The molecule has 0 saturated heterocycles. The van der Waals surface area contributed by atoms with Crippen molar-refractivity contribution in [2.45, 2.75) is 41.1 Å². The van der Waals surface area contributed by atoms with Gasteiger partial charge in [-0.15, -0.1) is 10.2 Å². The zero-order valence-corrected chi connectivity index (χ0v) is 17.2. The molecule has 1 amide bonds. The van der Waals surface area contributed by atoms with Gasteiger partial charge < -0.3 is 5.84 Å². The molecule has 1 aromatic heterocycles. The lowest BCUT2D eigenvalue weighted by Crippen LogP contribution is -2.30. The molecule has 8 heteroatoms. The van der Waals surface area contributed by atoms with Crippen LogP contribution in [0.3, 0.4) is 0 Å². The fourth-order valence-electron chi connectivity index (χ4n) is 3.08. The monoisotopic (exact) mass is 411 g/mol. The van der Waals surface area contributed by atoms with Gasteiger partial charge >= 0.3 is 0 Å². The number of thioether (sulfide) groups is 1. The van der Waals surface area contributed by atoms with Crippen molar-refractivity contribution in [3.05, 3.63) is 54.4 Å². The molecule has 0 unspecified atom stereocenters. The van der Waals surface area contributed by atoms with Crippen molar-refractivity contribution in [3.8, 4) is 0 Å². The predicted octanol–water partition coefficient (Wildman–Crippen LogP) is 4.26. The normalized spacial score (nSPS) is 12.5. The van der Waals surface area contributed by atoms with Crippen LogP contribution in [-0.4, -0.2) is 26.5 Å². The highest BCUT2D eigenvalue weighted by molar-refractivity contribution is 8.00. The standard InChI is InChI=1S/C20H21N5OS2/c1-2-3-12-18-22-23-20(25(18)21)27-13-19(26)24-14-8-4-6-10-16(14)28-17-11-7-5-9-15(17)24/h4-11H,2-3,12-13,21H2,1H3. The second kappa shape index (κ2) is 8.28. The highest BCUT2D eigenvalue weighted by atomic mass is 32.2. The van der Waals surface area contributed by atoms with Crippen molar-refractivity contribution < 1.29 is 4.79 Å². The quantitative estimate of drug-likeness (QED) is 0.482. The summed E-state index contributed by atoms with van der Waals surface area (Å²) < 4.78 is 1.50. The summed E-state index contributed by atoms with van der Waals surface area (Å²) in [6.45, 7) is 2.12. The lowest BCUT2D eigenvalue weighted by molar-refractivity contribution is -0.115. The van der Waals surface area contributed by atoms with E-state index in [2.05, 4.69) is 17.1 Å². The number of anilines is 2. The molecule has 2 aromatic carbocycles. The lowest BCUT2D eigenvalue weighted by atomic mass is 10.2. The van der Waals surface area contributed by atoms with Crippen molar-refractivity contribution in [1.82, 2.24) is 14.9 Å². The molecule has 1 aliphatic heterocycles. The number of carbonyl (C=O) groups is 1. The summed E-state index contributed by atoms with van der Waals surface area (Å²) in [7, 11) is 0. The van der Waals surface area contributed by atoms with E-state index in [1.807, 2.05) is 48.5 Å². The number of benzene rings is 2. The molecule has 0 atom stereocenters. The van der Waals surface area contributed by atoms with Crippen molar-refractivity contribution in [2.75, 3.05) is 16.5 Å². The van der Waals surface area contributed by atoms with Crippen LogP contribution in [0.4, 0.5) is 11.4 Å². The molecule has 0 spiro atoms. The first-order valence-corrected chi connectivity index (χ1v) is 11.0. The predicted molar refractivity (Wildman–Crippen MR) is 114 cm³/mol. The smallest absolute Gasteiger partial charge is 0.242 e. The Labute approximate surface area is 172 Å². The first-order chi connectivity index (χ1) is 13.7. The third-order valence-corrected chi connectivity index (χ3v) is 6.55. The molecular weight excluding hydrogens is 390 g/mol. The number of nitrogen functional groups attached to an aromatic ring is 1. The first kappa shape index (κ1) is 18.9. The summed E-state index contributed by atoms with van der Waals surface area (Å²) in [4.78, 5) is 17.1. The first-order valence-electron chi connectivity index (χ1n) is 9.20. The van der Waals surface area contributed by atoms with E-state index in [4.69, 9.17) is 5.84 Å². The number of unbranched alkanes of at least 4 members (excludes halogenated alkanes) is 1. The third-order valence-electron chi connectivity index (χ3n) is 4.50. The maximum absolute atomic E-state index is 13.2. The number of hydrogen-bond donors (Lipinski definition) is 1. The number of amides is 1. The topological polar surface area (TPSA) is 77.0 Å². The molecule has 0 fully saturated rings. The summed E-state index contributed by atoms with van der Waals surface area (Å²) >= 11 is 3.00. The zero-order chi connectivity index (χ0) is 19.5. The second-order valence-electron chi connectivity index (χ2n) is 6.43. The van der Waals surface area contributed by atoms with E-state index in [1.54, 1.807) is 16.7 Å². The van der Waals surface area contributed by atoms with Gasteiger partial charge in [-0.1, -0.05) is 61.1 Å². The summed E-state index contributed by atoms with van der Waals surface area (Å²) in [5, 5.41) is 8.87. The largest absolute Gasteiger partial charge is 0.336 e. The number of rotatable bonds is 6. The summed E-state index contributed by atoms with van der Waals surface area (Å²) in [5.74, 6) is 7.08. The van der Waals surface area contributed by atoms with Crippen molar-refractivity contribution in [1.29, 1.82) is 0 Å². The Morgan fingerprint density at radius 2 is 1.71 bits per heavy atom. The van der Waals surface area contributed by atoms with E-state index < -0.39 is 0 Å². The Balaban J connectivity index is 1.55. The highest BCUT2D eigenvalue weighted by Crippen LogP contribution is 2.48. The minimum Gasteiger partial charge on any atom is -0.336 e. The Bertz CT molecular complexity index is 958. The van der Waals surface area contributed by atoms with E-state index in [0.717, 1.165) is 46.3 Å². The van der Waals surface area contributed by atoms with Crippen LogP contribution < -0.4 is 10.7 Å². The van der Waals surface area contributed by atoms with Gasteiger partial charge in [0.15, 0.2) is 5.82 Å². The fraction of sp³-hybridized carbons (Fsp3) is 0.250. The molecule has 3 aromatic rings. The number of hydrogen-bond acceptors (Lipinski definition) is 6. The number of aryl methyl sites for hydroxylation is 1. The van der Waals surface area contributed by atoms with Gasteiger partial charge in [0.25, 0.3) is 0 Å². The van der Waals surface area contributed by atoms with Crippen LogP contribution >= 0.6 is 23.5 Å². The molecular formula is C20H21N5OS2. The van der Waals surface area contributed by atoms with Crippen LogP contribution in [0.15, 0.2) is 63.5 Å². The SMILES string of the molecule is CCCCc1nnc(SCC(=O)N2c3ccccc3Sc3ccccc32)n1N. The molecule has 0 bridgehead atoms. The van der Waals surface area contributed by atoms with Gasteiger partial charge in [0.1, 0.15) is 0 Å². The van der Waals surface area contributed by atoms with E-state index in [9.17, 15) is 4.79 Å². The minimum absolute atomic E-state index is 0.0108. The Morgan fingerprint density at radius 1 is 1.07 bits per heavy atom. The Morgan fingerprint density at radius 3 is 2.36 bits per heavy atom. The molecule has 0 aliphatic carbocycles. The summed E-state index contributed by atoms with van der Waals surface area (Å²) in [6, 6.07) is 15.9. The average molecular weight is 412 g/mol. The minimum atomic E-state index is -0.0108. The fourth-order valence-corrected chi connectivity index (χ4v) is 4.86. The molecule has 1 aliphatic rings. The van der Waals surface area contributed by atoms with Gasteiger partial charge in [-0.2, -0.15) is 0 Å². The van der Waals surface area contributed by atoms with Gasteiger partial charge in [0.05, 0.1) is 17.1 Å². The van der Waals surface area contributed by atoms with Crippen LogP contribution in [0.1, 0.15) is 25.6 Å². The Hall–Kier alpha value is -2.45. The molecule has 4 rings (SSSR count). The van der Waals surface area contributed by atoms with E-state index in [0.29, 0.717) is 5.16 Å². The number of nitrogens with two attached hydrogens (primary N) is 1. The second-order valence-corrected chi connectivity index (χ2v) is 8.45. The van der Waals surface area contributed by atoms with Crippen LogP contribution in [0.25, 0.3) is 0 Å². The maximum Gasteiger partial charge on any atom is 0.242 e. The zero-order valence-electron chi connectivity index (χ0n) is 15.5. The molecule has 144 valence electrons. The summed E-state index contributed by atoms with van der Waals surface area (Å²) in [5.41, 5.74) is 1.82. The van der Waals surface area contributed by atoms with Gasteiger partial charge in [-0.25, -0.2) is 4.68 Å². The van der Waals surface area contributed by atoms with E-state index >= 15 is 0 Å². The van der Waals surface area contributed by atoms with Gasteiger partial charge in [0, 0.05) is 16.2 Å². The molecule has 0 radical (unpaired) electrons. The van der Waals surface area contributed by atoms with Gasteiger partial charge in [0.2, 0.25) is 11.1 Å². The lowest BCUT2D eigenvalue weighted by Gasteiger charge is -2.30. The number of para-hydroxylation sites is 2. The van der Waals surface area contributed by atoms with Crippen LogP contribution in [0, 0.1) is 0 Å². The van der Waals surface area contributed by atoms with Crippen LogP contribution in [0.2, 0.25) is 0 Å². The average Bonchev–Trinajstić information content (AvgIpc) is 3.08. The number of nitrogens with zero attached hydrogens (tertiary/aromatic N) is 4. The molecule has 6 nitrogen and oxygen atoms in total. The maximum atomic E-state index is 13.2. The number of fused-ring (bicyclic) bond motifs is 2. The molecule has 2 heterocycles. The molecule has 28 heavy (non-hydrogen) atoms. The summed E-state index contributed by atoms with van der Waals surface area (Å²) in [6.07, 6.45) is 2.87. The van der Waals surface area contributed by atoms with Crippen molar-refractivity contribution in [3.63, 3.8) is 0 Å². The highest BCUT2D eigenvalue weighted by Gasteiger charge is 2.28. The van der Waals surface area contributed by atoms with Crippen LogP contribution in [-0.2, 0) is 11.2 Å². The van der Waals surface area contributed by atoms with Crippen molar-refractivity contribution in [2.24, 2.45) is 0 Å². The van der Waals surface area contributed by atoms with Crippen molar-refractivity contribution >= 4 is 40.8 Å². The number of carbonyl (C=O) groups excluding carboxylic acids is 1. The van der Waals surface area contributed by atoms with E-state index in [1.165, 1.54) is 16.4 Å². The third kappa shape index (κ3) is 3.62.